The zero-order valence-corrected chi connectivity index (χ0v) is 11.5. The molecule has 3 rings (SSSR count). The number of hydrogen-bond acceptors (Lipinski definition) is 2. The van der Waals surface area contributed by atoms with Crippen molar-refractivity contribution >= 4 is 21.4 Å². The molecule has 1 heterocycles. The number of aliphatic hydroxyl groups is 1. The van der Waals surface area contributed by atoms with Crippen molar-refractivity contribution in [3.8, 4) is 0 Å². The molecule has 20 heavy (non-hydrogen) atoms. The molecule has 1 aromatic heterocycles. The summed E-state index contributed by atoms with van der Waals surface area (Å²) in [4.78, 5) is 0. The van der Waals surface area contributed by atoms with Crippen molar-refractivity contribution in [3.05, 3.63) is 70.1 Å². The van der Waals surface area contributed by atoms with E-state index in [2.05, 4.69) is 0 Å². The maximum Gasteiger partial charge on any atom is 0.132 e. The molecule has 0 bridgehead atoms. The van der Waals surface area contributed by atoms with Crippen LogP contribution in [0.2, 0.25) is 0 Å². The second kappa shape index (κ2) is 4.96. The van der Waals surface area contributed by atoms with Crippen LogP contribution in [0.5, 0.6) is 0 Å². The molecule has 1 N–H and O–H groups in total. The molecule has 0 aliphatic carbocycles. The summed E-state index contributed by atoms with van der Waals surface area (Å²) in [5, 5.41) is 13.1. The first-order chi connectivity index (χ1) is 9.58. The van der Waals surface area contributed by atoms with Crippen LogP contribution < -0.4 is 0 Å². The average molecular weight is 290 g/mol. The van der Waals surface area contributed by atoms with E-state index in [1.165, 1.54) is 17.4 Å². The van der Waals surface area contributed by atoms with Crippen LogP contribution in [0.25, 0.3) is 10.1 Å². The molecule has 1 atom stereocenters. The van der Waals surface area contributed by atoms with E-state index in [9.17, 15) is 13.9 Å². The van der Waals surface area contributed by atoms with Crippen LogP contribution in [0.1, 0.15) is 22.8 Å². The lowest BCUT2D eigenvalue weighted by Crippen LogP contribution is -2.03. The Morgan fingerprint density at radius 2 is 1.80 bits per heavy atom. The van der Waals surface area contributed by atoms with Gasteiger partial charge in [0.2, 0.25) is 0 Å². The number of halogens is 2. The monoisotopic (exact) mass is 290 g/mol. The smallest absolute Gasteiger partial charge is 0.132 e. The third kappa shape index (κ3) is 2.11. The molecule has 0 aliphatic heterocycles. The highest BCUT2D eigenvalue weighted by Crippen LogP contribution is 2.34. The number of aryl methyl sites for hydroxylation is 1. The molecule has 0 saturated carbocycles. The van der Waals surface area contributed by atoms with E-state index in [0.29, 0.717) is 11.1 Å². The molecule has 0 spiro atoms. The minimum Gasteiger partial charge on any atom is -0.383 e. The van der Waals surface area contributed by atoms with Crippen LogP contribution in [0, 0.1) is 18.6 Å². The molecule has 4 heteroatoms. The fourth-order valence-corrected chi connectivity index (χ4v) is 3.25. The lowest BCUT2D eigenvalue weighted by atomic mass is 9.99. The second-order valence-corrected chi connectivity index (χ2v) is 5.62. The molecule has 1 unspecified atom stereocenters. The van der Waals surface area contributed by atoms with Gasteiger partial charge in [-0.2, -0.15) is 0 Å². The summed E-state index contributed by atoms with van der Waals surface area (Å²) < 4.78 is 28.2. The lowest BCUT2D eigenvalue weighted by Gasteiger charge is -2.13. The first kappa shape index (κ1) is 13.2. The molecular weight excluding hydrogens is 278 g/mol. The number of aliphatic hydroxyl groups excluding tert-OH is 1. The van der Waals surface area contributed by atoms with E-state index >= 15 is 0 Å². The van der Waals surface area contributed by atoms with E-state index in [4.69, 9.17) is 0 Å². The fourth-order valence-electron chi connectivity index (χ4n) is 2.27. The first-order valence-electron chi connectivity index (χ1n) is 6.17. The highest BCUT2D eigenvalue weighted by atomic mass is 32.1. The second-order valence-electron chi connectivity index (χ2n) is 4.71. The van der Waals surface area contributed by atoms with Gasteiger partial charge in [-0.25, -0.2) is 8.78 Å². The zero-order chi connectivity index (χ0) is 14.3. The van der Waals surface area contributed by atoms with Gasteiger partial charge in [0.1, 0.15) is 17.7 Å². The highest BCUT2D eigenvalue weighted by Gasteiger charge is 2.20. The van der Waals surface area contributed by atoms with Gasteiger partial charge in [-0.05, 0) is 35.4 Å². The fraction of sp³-hybridized carbons (Fsp3) is 0.125. The summed E-state index contributed by atoms with van der Waals surface area (Å²) in [6.07, 6.45) is -1.09. The molecular formula is C16H12F2OS. The largest absolute Gasteiger partial charge is 0.383 e. The van der Waals surface area contributed by atoms with Crippen molar-refractivity contribution in [2.45, 2.75) is 13.0 Å². The van der Waals surface area contributed by atoms with Crippen molar-refractivity contribution < 1.29 is 13.9 Å². The molecule has 102 valence electrons. The van der Waals surface area contributed by atoms with Gasteiger partial charge in [-0.15, -0.1) is 11.3 Å². The quantitative estimate of drug-likeness (QED) is 0.733. The van der Waals surface area contributed by atoms with Crippen LogP contribution in [-0.4, -0.2) is 5.11 Å². The van der Waals surface area contributed by atoms with E-state index in [1.807, 2.05) is 29.6 Å². The first-order valence-corrected chi connectivity index (χ1v) is 7.05. The maximum absolute atomic E-state index is 13.9. The lowest BCUT2D eigenvalue weighted by molar-refractivity contribution is 0.216. The molecule has 0 amide bonds. The van der Waals surface area contributed by atoms with Crippen molar-refractivity contribution in [2.24, 2.45) is 0 Å². The SMILES string of the molecule is Cc1cc(C(O)c2csc3ccccc23)c(F)cc1F. The Morgan fingerprint density at radius 3 is 2.60 bits per heavy atom. The van der Waals surface area contributed by atoms with Gasteiger partial charge >= 0.3 is 0 Å². The van der Waals surface area contributed by atoms with Gasteiger partial charge in [-0.3, -0.25) is 0 Å². The van der Waals surface area contributed by atoms with Crippen LogP contribution in [0.4, 0.5) is 8.78 Å². The number of fused-ring (bicyclic) bond motifs is 1. The van der Waals surface area contributed by atoms with Crippen molar-refractivity contribution in [2.75, 3.05) is 0 Å². The standard InChI is InChI=1S/C16H12F2OS/c1-9-6-11(14(18)7-13(9)17)16(19)12-8-20-15-5-3-2-4-10(12)15/h2-8,16,19H,1H3. The van der Waals surface area contributed by atoms with Crippen molar-refractivity contribution in [1.29, 1.82) is 0 Å². The van der Waals surface area contributed by atoms with Crippen LogP contribution in [0.3, 0.4) is 0 Å². The summed E-state index contributed by atoms with van der Waals surface area (Å²) >= 11 is 1.49. The van der Waals surface area contributed by atoms with E-state index in [1.54, 1.807) is 6.92 Å². The highest BCUT2D eigenvalue weighted by molar-refractivity contribution is 7.17. The summed E-state index contributed by atoms with van der Waals surface area (Å²) in [5.41, 5.74) is 1.07. The van der Waals surface area contributed by atoms with Crippen molar-refractivity contribution in [3.63, 3.8) is 0 Å². The Labute approximate surface area is 119 Å². The number of thiophene rings is 1. The average Bonchev–Trinajstić information content (AvgIpc) is 2.86. The molecule has 1 nitrogen and oxygen atoms in total. The molecule has 0 aliphatic rings. The summed E-state index contributed by atoms with van der Waals surface area (Å²) in [7, 11) is 0. The Bertz CT molecular complexity index is 779. The van der Waals surface area contributed by atoms with Gasteiger partial charge in [-0.1, -0.05) is 18.2 Å². The van der Waals surface area contributed by atoms with Gasteiger partial charge in [0.15, 0.2) is 0 Å². The Balaban J connectivity index is 2.13. The maximum atomic E-state index is 13.9. The molecule has 3 aromatic rings. The predicted molar refractivity (Wildman–Crippen MR) is 77.0 cm³/mol. The summed E-state index contributed by atoms with van der Waals surface area (Å²) in [5.74, 6) is -1.33. The van der Waals surface area contributed by atoms with Crippen LogP contribution in [-0.2, 0) is 0 Å². The van der Waals surface area contributed by atoms with E-state index in [-0.39, 0.29) is 5.56 Å². The van der Waals surface area contributed by atoms with Gasteiger partial charge in [0, 0.05) is 21.9 Å². The number of rotatable bonds is 2. The molecule has 0 saturated heterocycles. The van der Waals surface area contributed by atoms with Crippen LogP contribution in [0.15, 0.2) is 41.8 Å². The van der Waals surface area contributed by atoms with Crippen LogP contribution >= 0.6 is 11.3 Å². The van der Waals surface area contributed by atoms with Crippen molar-refractivity contribution in [1.82, 2.24) is 0 Å². The minimum atomic E-state index is -1.09. The summed E-state index contributed by atoms with van der Waals surface area (Å²) in [6, 6.07) is 9.81. The third-order valence-corrected chi connectivity index (χ3v) is 4.36. The molecule has 2 aromatic carbocycles. The number of hydrogen-bond donors (Lipinski definition) is 1. The Hall–Kier alpha value is -1.78. The minimum absolute atomic E-state index is 0.104. The normalized spacial score (nSPS) is 12.8. The van der Waals surface area contributed by atoms with E-state index in [0.717, 1.165) is 16.2 Å². The molecule has 0 fully saturated rings. The Kier molecular flexibility index (Phi) is 3.28. The summed E-state index contributed by atoms with van der Waals surface area (Å²) in [6.45, 7) is 1.55. The third-order valence-electron chi connectivity index (χ3n) is 3.38. The number of benzene rings is 2. The molecule has 0 radical (unpaired) electrons. The predicted octanol–water partition coefficient (Wildman–Crippen LogP) is 4.57. The Morgan fingerprint density at radius 1 is 1.05 bits per heavy atom. The van der Waals surface area contributed by atoms with Gasteiger partial charge < -0.3 is 5.11 Å². The zero-order valence-electron chi connectivity index (χ0n) is 10.7. The van der Waals surface area contributed by atoms with Gasteiger partial charge in [0.05, 0.1) is 0 Å². The van der Waals surface area contributed by atoms with E-state index < -0.39 is 17.7 Å². The topological polar surface area (TPSA) is 20.2 Å². The van der Waals surface area contributed by atoms with Gasteiger partial charge in [0.25, 0.3) is 0 Å².